The number of carbonyl (C=O) groups is 2. The van der Waals surface area contributed by atoms with Gasteiger partial charge in [-0.3, -0.25) is 9.59 Å². The van der Waals surface area contributed by atoms with Gasteiger partial charge in [-0.2, -0.15) is 0 Å². The van der Waals surface area contributed by atoms with Crippen LogP contribution in [-0.2, 0) is 10.3 Å². The SMILES string of the molecule is CC(NC(=O)c1ccc(Cl)cn1)(C(N)=O)c1cccc(Cl)c1. The van der Waals surface area contributed by atoms with Crippen LogP contribution in [0.3, 0.4) is 0 Å². The third-order valence-electron chi connectivity index (χ3n) is 3.22. The van der Waals surface area contributed by atoms with Crippen LogP contribution >= 0.6 is 23.2 Å². The molecule has 0 fully saturated rings. The lowest BCUT2D eigenvalue weighted by Gasteiger charge is -2.28. The second kappa shape index (κ2) is 6.34. The van der Waals surface area contributed by atoms with Crippen LogP contribution < -0.4 is 11.1 Å². The van der Waals surface area contributed by atoms with Gasteiger partial charge < -0.3 is 11.1 Å². The maximum absolute atomic E-state index is 12.3. The van der Waals surface area contributed by atoms with E-state index in [4.69, 9.17) is 28.9 Å². The van der Waals surface area contributed by atoms with Crippen LogP contribution in [0.25, 0.3) is 0 Å². The van der Waals surface area contributed by atoms with Crippen molar-refractivity contribution in [2.45, 2.75) is 12.5 Å². The third kappa shape index (κ3) is 3.37. The van der Waals surface area contributed by atoms with Crippen LogP contribution in [0.1, 0.15) is 23.0 Å². The van der Waals surface area contributed by atoms with Crippen molar-refractivity contribution in [3.8, 4) is 0 Å². The molecule has 0 bridgehead atoms. The number of hydrogen-bond donors (Lipinski definition) is 2. The van der Waals surface area contributed by atoms with Gasteiger partial charge in [-0.05, 0) is 36.8 Å². The molecule has 22 heavy (non-hydrogen) atoms. The first-order valence-corrected chi connectivity index (χ1v) is 7.08. The second-order valence-corrected chi connectivity index (χ2v) is 5.69. The van der Waals surface area contributed by atoms with Crippen molar-refractivity contribution in [3.63, 3.8) is 0 Å². The van der Waals surface area contributed by atoms with Crippen LogP contribution in [0, 0.1) is 0 Å². The quantitative estimate of drug-likeness (QED) is 0.898. The van der Waals surface area contributed by atoms with Crippen molar-refractivity contribution >= 4 is 35.0 Å². The molecule has 0 saturated heterocycles. The normalized spacial score (nSPS) is 13.2. The fourth-order valence-corrected chi connectivity index (χ4v) is 2.18. The van der Waals surface area contributed by atoms with E-state index in [1.165, 1.54) is 25.3 Å². The Morgan fingerprint density at radius 3 is 2.45 bits per heavy atom. The van der Waals surface area contributed by atoms with E-state index in [-0.39, 0.29) is 5.69 Å². The highest BCUT2D eigenvalue weighted by Gasteiger charge is 2.35. The number of halogens is 2. The number of nitrogens with one attached hydrogen (secondary N) is 1. The summed E-state index contributed by atoms with van der Waals surface area (Å²) in [7, 11) is 0. The first-order chi connectivity index (χ1) is 10.3. The minimum absolute atomic E-state index is 0.124. The van der Waals surface area contributed by atoms with E-state index in [0.717, 1.165) is 0 Å². The highest BCUT2D eigenvalue weighted by atomic mass is 35.5. The molecule has 0 saturated carbocycles. The molecule has 0 aliphatic heterocycles. The molecular formula is C15H13Cl2N3O2. The fourth-order valence-electron chi connectivity index (χ4n) is 1.88. The molecule has 1 heterocycles. The minimum Gasteiger partial charge on any atom is -0.367 e. The van der Waals surface area contributed by atoms with E-state index >= 15 is 0 Å². The summed E-state index contributed by atoms with van der Waals surface area (Å²) in [5.41, 5.74) is 4.66. The van der Waals surface area contributed by atoms with Crippen LogP contribution in [0.15, 0.2) is 42.6 Å². The Balaban J connectivity index is 2.34. The van der Waals surface area contributed by atoms with Gasteiger partial charge in [0.15, 0.2) is 0 Å². The zero-order valence-electron chi connectivity index (χ0n) is 11.6. The number of rotatable bonds is 4. The molecule has 7 heteroatoms. The van der Waals surface area contributed by atoms with Crippen LogP contribution in [-0.4, -0.2) is 16.8 Å². The van der Waals surface area contributed by atoms with Crippen LogP contribution in [0.2, 0.25) is 10.0 Å². The maximum atomic E-state index is 12.3. The number of hydrogen-bond acceptors (Lipinski definition) is 3. The molecule has 1 unspecified atom stereocenters. The number of carbonyl (C=O) groups excluding carboxylic acids is 2. The van der Waals surface area contributed by atoms with Crippen molar-refractivity contribution < 1.29 is 9.59 Å². The van der Waals surface area contributed by atoms with Gasteiger partial charge in [0.25, 0.3) is 5.91 Å². The molecule has 0 aliphatic carbocycles. The number of pyridine rings is 1. The Labute approximate surface area is 137 Å². The van der Waals surface area contributed by atoms with E-state index in [1.54, 1.807) is 24.3 Å². The molecule has 3 N–H and O–H groups in total. The molecule has 2 aromatic rings. The van der Waals surface area contributed by atoms with E-state index in [2.05, 4.69) is 10.3 Å². The van der Waals surface area contributed by atoms with Gasteiger partial charge >= 0.3 is 0 Å². The van der Waals surface area contributed by atoms with Gasteiger partial charge in [-0.1, -0.05) is 35.3 Å². The van der Waals surface area contributed by atoms with Gasteiger partial charge in [0.2, 0.25) is 5.91 Å². The number of nitrogens with zero attached hydrogens (tertiary/aromatic N) is 1. The second-order valence-electron chi connectivity index (χ2n) is 4.82. The third-order valence-corrected chi connectivity index (χ3v) is 3.68. The lowest BCUT2D eigenvalue weighted by atomic mass is 9.91. The van der Waals surface area contributed by atoms with Crippen molar-refractivity contribution in [2.75, 3.05) is 0 Å². The molecule has 2 rings (SSSR count). The Kier molecular flexibility index (Phi) is 4.68. The summed E-state index contributed by atoms with van der Waals surface area (Å²) < 4.78 is 0. The first-order valence-electron chi connectivity index (χ1n) is 6.33. The fraction of sp³-hybridized carbons (Fsp3) is 0.133. The van der Waals surface area contributed by atoms with Crippen molar-refractivity contribution in [1.82, 2.24) is 10.3 Å². The Morgan fingerprint density at radius 2 is 1.91 bits per heavy atom. The first kappa shape index (κ1) is 16.3. The molecule has 1 aromatic heterocycles. The number of nitrogens with two attached hydrogens (primary N) is 1. The smallest absolute Gasteiger partial charge is 0.270 e. The average Bonchev–Trinajstić information content (AvgIpc) is 2.47. The minimum atomic E-state index is -1.41. The summed E-state index contributed by atoms with van der Waals surface area (Å²) in [5.74, 6) is -1.25. The predicted octanol–water partition coefficient (Wildman–Crippen LogP) is 2.52. The summed E-state index contributed by atoms with van der Waals surface area (Å²) in [6.45, 7) is 1.51. The van der Waals surface area contributed by atoms with E-state index in [0.29, 0.717) is 15.6 Å². The summed E-state index contributed by atoms with van der Waals surface area (Å²) >= 11 is 11.7. The number of benzene rings is 1. The summed E-state index contributed by atoms with van der Waals surface area (Å²) in [6, 6.07) is 9.55. The van der Waals surface area contributed by atoms with E-state index in [9.17, 15) is 9.59 Å². The summed E-state index contributed by atoms with van der Waals surface area (Å²) in [5, 5.41) is 3.44. The topological polar surface area (TPSA) is 85.1 Å². The monoisotopic (exact) mass is 337 g/mol. The zero-order chi connectivity index (χ0) is 16.3. The largest absolute Gasteiger partial charge is 0.367 e. The van der Waals surface area contributed by atoms with Crippen LogP contribution in [0.4, 0.5) is 0 Å². The molecule has 1 atom stereocenters. The lowest BCUT2D eigenvalue weighted by Crippen LogP contribution is -2.52. The Bertz CT molecular complexity index is 719. The van der Waals surface area contributed by atoms with Gasteiger partial charge in [-0.25, -0.2) is 4.98 Å². The number of primary amides is 1. The Morgan fingerprint density at radius 1 is 1.18 bits per heavy atom. The molecule has 114 valence electrons. The average molecular weight is 338 g/mol. The summed E-state index contributed by atoms with van der Waals surface area (Å²) in [4.78, 5) is 28.1. The van der Waals surface area contributed by atoms with Gasteiger partial charge in [0.05, 0.1) is 5.02 Å². The zero-order valence-corrected chi connectivity index (χ0v) is 13.2. The highest BCUT2D eigenvalue weighted by molar-refractivity contribution is 6.30. The summed E-state index contributed by atoms with van der Waals surface area (Å²) in [6.07, 6.45) is 1.34. The highest BCUT2D eigenvalue weighted by Crippen LogP contribution is 2.24. The molecule has 0 spiro atoms. The standard InChI is InChI=1S/C15H13Cl2N3O2/c1-15(14(18)22,9-3-2-4-10(16)7-9)20-13(21)12-6-5-11(17)8-19-12/h2-8H,1H3,(H2,18,22)(H,20,21). The molecule has 1 aromatic carbocycles. The number of amides is 2. The molecule has 2 amide bonds. The van der Waals surface area contributed by atoms with Gasteiger partial charge in [0.1, 0.15) is 11.2 Å². The van der Waals surface area contributed by atoms with Crippen molar-refractivity contribution in [1.29, 1.82) is 0 Å². The van der Waals surface area contributed by atoms with Crippen molar-refractivity contribution in [3.05, 3.63) is 63.9 Å². The Hall–Kier alpha value is -2.11. The predicted molar refractivity (Wildman–Crippen MR) is 84.7 cm³/mol. The van der Waals surface area contributed by atoms with Gasteiger partial charge in [-0.15, -0.1) is 0 Å². The molecule has 5 nitrogen and oxygen atoms in total. The lowest BCUT2D eigenvalue weighted by molar-refractivity contribution is -0.123. The van der Waals surface area contributed by atoms with Gasteiger partial charge in [0, 0.05) is 11.2 Å². The van der Waals surface area contributed by atoms with E-state index in [1.807, 2.05) is 0 Å². The molecular weight excluding hydrogens is 325 g/mol. The number of aromatic nitrogens is 1. The maximum Gasteiger partial charge on any atom is 0.270 e. The molecule has 0 aliphatic rings. The van der Waals surface area contributed by atoms with Crippen LogP contribution in [0.5, 0.6) is 0 Å². The molecule has 0 radical (unpaired) electrons. The van der Waals surface area contributed by atoms with Crippen molar-refractivity contribution in [2.24, 2.45) is 5.73 Å². The van der Waals surface area contributed by atoms with E-state index < -0.39 is 17.4 Å².